The van der Waals surface area contributed by atoms with E-state index in [0.29, 0.717) is 6.42 Å². The molecule has 0 fully saturated rings. The van der Waals surface area contributed by atoms with Crippen LogP contribution in [0.2, 0.25) is 5.04 Å². The Morgan fingerprint density at radius 3 is 1.88 bits per heavy atom. The fourth-order valence-corrected chi connectivity index (χ4v) is 7.73. The molecule has 0 amide bonds. The van der Waals surface area contributed by atoms with Gasteiger partial charge in [0.25, 0.3) is 8.32 Å². The van der Waals surface area contributed by atoms with Crippen LogP contribution < -0.4 is 10.4 Å². The first-order valence-electron chi connectivity index (χ1n) is 8.62. The highest BCUT2D eigenvalue weighted by Crippen LogP contribution is 2.37. The lowest BCUT2D eigenvalue weighted by atomic mass is 10.2. The van der Waals surface area contributed by atoms with E-state index in [9.17, 15) is 4.39 Å². The lowest BCUT2D eigenvalue weighted by Gasteiger charge is -2.42. The Labute approximate surface area is 151 Å². The summed E-state index contributed by atoms with van der Waals surface area (Å²) in [4.78, 5) is 0. The molecule has 25 heavy (non-hydrogen) atoms. The molecular weight excluding hydrogens is 331 g/mol. The van der Waals surface area contributed by atoms with Crippen LogP contribution in [0.15, 0.2) is 72.6 Å². The number of benzene rings is 2. The van der Waals surface area contributed by atoms with Gasteiger partial charge in [-0.25, -0.2) is 4.39 Å². The number of halogens is 1. The molecule has 2 nitrogen and oxygen atoms in total. The maximum absolute atomic E-state index is 14.2. The average Bonchev–Trinajstić information content (AvgIpc) is 2.61. The summed E-state index contributed by atoms with van der Waals surface area (Å²) in [5.74, 6) is -0.331. The van der Waals surface area contributed by atoms with Crippen LogP contribution in [-0.4, -0.2) is 26.6 Å². The largest absolute Gasteiger partial charge is 0.401 e. The van der Waals surface area contributed by atoms with Crippen molar-refractivity contribution in [2.24, 2.45) is 0 Å². The molecule has 0 aromatic heterocycles. The molecular formula is C21H27FO2Si. The van der Waals surface area contributed by atoms with Crippen LogP contribution in [-0.2, 0) is 4.43 Å². The van der Waals surface area contributed by atoms with E-state index in [1.807, 2.05) is 36.4 Å². The maximum atomic E-state index is 14.2. The molecule has 2 aromatic rings. The molecule has 0 atom stereocenters. The fourth-order valence-electron chi connectivity index (χ4n) is 3.22. The minimum atomic E-state index is -2.69. The predicted octanol–water partition coefficient (Wildman–Crippen LogP) is 3.80. The average molecular weight is 359 g/mol. The number of aliphatic hydroxyl groups is 1. The molecule has 0 saturated heterocycles. The van der Waals surface area contributed by atoms with Gasteiger partial charge < -0.3 is 9.53 Å². The van der Waals surface area contributed by atoms with E-state index in [2.05, 4.69) is 45.0 Å². The van der Waals surface area contributed by atoms with Gasteiger partial charge >= 0.3 is 0 Å². The van der Waals surface area contributed by atoms with Gasteiger partial charge in [-0.2, -0.15) is 0 Å². The van der Waals surface area contributed by atoms with Crippen molar-refractivity contribution in [3.8, 4) is 0 Å². The minimum absolute atomic E-state index is 0.0629. The molecule has 2 aromatic carbocycles. The van der Waals surface area contributed by atoms with Crippen molar-refractivity contribution in [2.75, 3.05) is 13.2 Å². The second-order valence-corrected chi connectivity index (χ2v) is 11.4. The first-order chi connectivity index (χ1) is 11.9. The van der Waals surface area contributed by atoms with Gasteiger partial charge in [-0.3, -0.25) is 0 Å². The third-order valence-corrected chi connectivity index (χ3v) is 9.32. The second-order valence-electron chi connectivity index (χ2n) is 7.12. The van der Waals surface area contributed by atoms with Crippen molar-refractivity contribution in [3.63, 3.8) is 0 Å². The van der Waals surface area contributed by atoms with E-state index in [4.69, 9.17) is 9.53 Å². The highest BCUT2D eigenvalue weighted by Gasteiger charge is 2.50. The standard InChI is InChI=1S/C21H27FO2Si/c1-21(2,3)25(19-12-6-4-7-13-19,20-14-8-5-9-15-20)24-17-18(22)11-10-16-23/h4-9,11-15,23H,10,16-17H2,1-3H3/b18-11-. The normalized spacial score (nSPS) is 13.1. The molecule has 0 bridgehead atoms. The summed E-state index contributed by atoms with van der Waals surface area (Å²) in [6.07, 6.45) is 1.70. The van der Waals surface area contributed by atoms with E-state index in [1.54, 1.807) is 0 Å². The van der Waals surface area contributed by atoms with Crippen molar-refractivity contribution in [3.05, 3.63) is 72.6 Å². The number of aliphatic hydroxyl groups excluding tert-OH is 1. The summed E-state index contributed by atoms with van der Waals surface area (Å²) in [5.41, 5.74) is 0. The smallest absolute Gasteiger partial charge is 0.261 e. The quantitative estimate of drug-likeness (QED) is 0.763. The molecule has 1 N–H and O–H groups in total. The Morgan fingerprint density at radius 1 is 1.00 bits per heavy atom. The number of hydrogen-bond acceptors (Lipinski definition) is 2. The maximum Gasteiger partial charge on any atom is 0.261 e. The lowest BCUT2D eigenvalue weighted by Crippen LogP contribution is -2.66. The molecule has 0 aliphatic carbocycles. The van der Waals surface area contributed by atoms with Crippen LogP contribution in [0.1, 0.15) is 27.2 Å². The van der Waals surface area contributed by atoms with Gasteiger partial charge in [-0.15, -0.1) is 0 Å². The highest BCUT2D eigenvalue weighted by molar-refractivity contribution is 6.99. The molecule has 0 heterocycles. The third kappa shape index (κ3) is 4.45. The summed E-state index contributed by atoms with van der Waals surface area (Å²) in [5, 5.41) is 11.0. The Bertz CT molecular complexity index is 639. The van der Waals surface area contributed by atoms with Crippen LogP contribution in [0.5, 0.6) is 0 Å². The molecule has 0 radical (unpaired) electrons. The van der Waals surface area contributed by atoms with Gasteiger partial charge in [0.2, 0.25) is 0 Å². The third-order valence-electron chi connectivity index (χ3n) is 4.34. The predicted molar refractivity (Wildman–Crippen MR) is 104 cm³/mol. The van der Waals surface area contributed by atoms with Gasteiger partial charge in [0.1, 0.15) is 5.83 Å². The van der Waals surface area contributed by atoms with Crippen LogP contribution in [0.25, 0.3) is 0 Å². The number of rotatable bonds is 7. The zero-order valence-corrected chi connectivity index (χ0v) is 16.2. The van der Waals surface area contributed by atoms with Crippen molar-refractivity contribution in [2.45, 2.75) is 32.2 Å². The van der Waals surface area contributed by atoms with Gasteiger partial charge in [0.05, 0.1) is 6.61 Å². The van der Waals surface area contributed by atoms with E-state index in [-0.39, 0.29) is 24.1 Å². The van der Waals surface area contributed by atoms with Crippen LogP contribution in [0.3, 0.4) is 0 Å². The molecule has 0 aliphatic rings. The molecule has 0 unspecified atom stereocenters. The summed E-state index contributed by atoms with van der Waals surface area (Å²) in [7, 11) is -2.69. The Morgan fingerprint density at radius 2 is 1.48 bits per heavy atom. The Balaban J connectivity index is 2.53. The Kier molecular flexibility index (Phi) is 6.70. The second kappa shape index (κ2) is 8.56. The van der Waals surface area contributed by atoms with Crippen LogP contribution >= 0.6 is 0 Å². The van der Waals surface area contributed by atoms with E-state index in [1.165, 1.54) is 6.08 Å². The van der Waals surface area contributed by atoms with Gasteiger partial charge in [-0.1, -0.05) is 81.4 Å². The summed E-state index contributed by atoms with van der Waals surface area (Å²) in [6, 6.07) is 20.3. The number of hydrogen-bond donors (Lipinski definition) is 1. The fraction of sp³-hybridized carbons (Fsp3) is 0.333. The minimum Gasteiger partial charge on any atom is -0.401 e. The van der Waals surface area contributed by atoms with Crippen LogP contribution in [0.4, 0.5) is 4.39 Å². The molecule has 0 saturated carbocycles. The van der Waals surface area contributed by atoms with E-state index < -0.39 is 8.32 Å². The lowest BCUT2D eigenvalue weighted by molar-refractivity contribution is 0.289. The highest BCUT2D eigenvalue weighted by atomic mass is 28.4. The van der Waals surface area contributed by atoms with Gasteiger partial charge in [0, 0.05) is 6.61 Å². The van der Waals surface area contributed by atoms with Crippen molar-refractivity contribution >= 4 is 18.7 Å². The molecule has 2 rings (SSSR count). The summed E-state index contributed by atoms with van der Waals surface area (Å²) < 4.78 is 20.6. The van der Waals surface area contributed by atoms with Crippen molar-refractivity contribution in [1.82, 2.24) is 0 Å². The monoisotopic (exact) mass is 358 g/mol. The first kappa shape index (κ1) is 19.6. The molecule has 0 aliphatic heterocycles. The zero-order chi connectivity index (χ0) is 18.3. The molecule has 4 heteroatoms. The molecule has 0 spiro atoms. The first-order valence-corrected chi connectivity index (χ1v) is 10.5. The molecule has 134 valence electrons. The van der Waals surface area contributed by atoms with Gasteiger partial charge in [-0.05, 0) is 27.9 Å². The summed E-state index contributed by atoms with van der Waals surface area (Å²) >= 11 is 0. The summed E-state index contributed by atoms with van der Waals surface area (Å²) in [6.45, 7) is 6.34. The van der Waals surface area contributed by atoms with E-state index in [0.717, 1.165) is 10.4 Å². The van der Waals surface area contributed by atoms with E-state index >= 15 is 0 Å². The zero-order valence-electron chi connectivity index (χ0n) is 15.2. The van der Waals surface area contributed by atoms with Crippen molar-refractivity contribution < 1.29 is 13.9 Å². The SMILES string of the molecule is CC(C)(C)[Si](OC/C(F)=C/CCO)(c1ccccc1)c1ccccc1. The topological polar surface area (TPSA) is 29.5 Å². The van der Waals surface area contributed by atoms with Crippen LogP contribution in [0, 0.1) is 0 Å². The van der Waals surface area contributed by atoms with Gasteiger partial charge in [0.15, 0.2) is 0 Å². The van der Waals surface area contributed by atoms with Crippen molar-refractivity contribution in [1.29, 1.82) is 0 Å². The Hall–Kier alpha value is -1.75.